The third kappa shape index (κ3) is 2.85. The van der Waals surface area contributed by atoms with Crippen LogP contribution in [0.3, 0.4) is 0 Å². The zero-order chi connectivity index (χ0) is 14.7. The average molecular weight is 286 g/mol. The fourth-order valence-corrected chi connectivity index (χ4v) is 2.11. The van der Waals surface area contributed by atoms with Crippen LogP contribution in [0.25, 0.3) is 16.9 Å². The van der Waals surface area contributed by atoms with Crippen LogP contribution in [0.5, 0.6) is 0 Å². The molecule has 2 heterocycles. The van der Waals surface area contributed by atoms with Crippen molar-refractivity contribution >= 4 is 11.5 Å². The first-order valence-electron chi connectivity index (χ1n) is 6.73. The summed E-state index contributed by atoms with van der Waals surface area (Å²) in [6.07, 6.45) is 2.33. The molecule has 2 N–H and O–H groups in total. The number of nitrogens with one attached hydrogen (secondary N) is 1. The Morgan fingerprint density at radius 2 is 2.14 bits per heavy atom. The van der Waals surface area contributed by atoms with Gasteiger partial charge in [0.15, 0.2) is 5.65 Å². The lowest BCUT2D eigenvalue weighted by molar-refractivity contribution is 0.292. The quantitative estimate of drug-likeness (QED) is 0.707. The van der Waals surface area contributed by atoms with Crippen LogP contribution in [0.15, 0.2) is 42.6 Å². The van der Waals surface area contributed by atoms with Gasteiger partial charge < -0.3 is 10.4 Å². The Hall–Kier alpha value is -2.47. The van der Waals surface area contributed by atoms with Gasteiger partial charge in [0.25, 0.3) is 0 Å². The summed E-state index contributed by atoms with van der Waals surface area (Å²) in [4.78, 5) is 4.27. The van der Waals surface area contributed by atoms with Gasteiger partial charge in [-0.3, -0.25) is 0 Å². The fourth-order valence-electron chi connectivity index (χ4n) is 2.11. The second-order valence-electron chi connectivity index (χ2n) is 4.65. The van der Waals surface area contributed by atoms with Crippen LogP contribution in [0.1, 0.15) is 6.42 Å². The monoisotopic (exact) mass is 286 g/mol. The summed E-state index contributed by atoms with van der Waals surface area (Å²) in [5.41, 5.74) is 2.15. The Bertz CT molecular complexity index is 756. The van der Waals surface area contributed by atoms with Crippen molar-refractivity contribution in [2.75, 3.05) is 18.5 Å². The van der Waals surface area contributed by atoms with Gasteiger partial charge in [-0.1, -0.05) is 12.1 Å². The molecule has 0 aliphatic heterocycles. The van der Waals surface area contributed by atoms with Crippen molar-refractivity contribution < 1.29 is 9.50 Å². The second-order valence-corrected chi connectivity index (χ2v) is 4.65. The summed E-state index contributed by atoms with van der Waals surface area (Å²) in [7, 11) is 0. The van der Waals surface area contributed by atoms with Crippen molar-refractivity contribution in [2.45, 2.75) is 6.42 Å². The van der Waals surface area contributed by atoms with Crippen LogP contribution in [-0.2, 0) is 0 Å². The van der Waals surface area contributed by atoms with Gasteiger partial charge in [-0.2, -0.15) is 0 Å². The molecule has 0 radical (unpaired) electrons. The lowest BCUT2D eigenvalue weighted by atomic mass is 10.2. The predicted molar refractivity (Wildman–Crippen MR) is 78.6 cm³/mol. The molecule has 0 aliphatic carbocycles. The first-order chi connectivity index (χ1) is 10.3. The van der Waals surface area contributed by atoms with Crippen LogP contribution < -0.4 is 5.32 Å². The summed E-state index contributed by atoms with van der Waals surface area (Å²) < 4.78 is 15.0. The SMILES string of the molecule is OCCCNc1ccc2ncc(-c3cccc(F)c3)n2n1. The van der Waals surface area contributed by atoms with Crippen molar-refractivity contribution in [3.05, 3.63) is 48.4 Å². The highest BCUT2D eigenvalue weighted by atomic mass is 19.1. The number of fused-ring (bicyclic) bond motifs is 1. The highest BCUT2D eigenvalue weighted by Crippen LogP contribution is 2.21. The molecule has 108 valence electrons. The standard InChI is InChI=1S/C15H15FN4O/c16-12-4-1-3-11(9-12)13-10-18-15-6-5-14(19-20(13)15)17-7-2-8-21/h1,3-6,9-10,21H,2,7-8H2,(H,17,19). The van der Waals surface area contributed by atoms with E-state index in [4.69, 9.17) is 5.11 Å². The first kappa shape index (κ1) is 13.5. The Morgan fingerprint density at radius 1 is 1.24 bits per heavy atom. The Labute approximate surface area is 121 Å². The van der Waals surface area contributed by atoms with E-state index in [1.54, 1.807) is 16.8 Å². The molecular formula is C15H15FN4O. The minimum atomic E-state index is -0.292. The summed E-state index contributed by atoms with van der Waals surface area (Å²) in [6.45, 7) is 0.772. The van der Waals surface area contributed by atoms with E-state index in [1.807, 2.05) is 18.2 Å². The van der Waals surface area contributed by atoms with Crippen molar-refractivity contribution in [3.8, 4) is 11.3 Å². The molecule has 0 spiro atoms. The summed E-state index contributed by atoms with van der Waals surface area (Å²) in [5, 5.41) is 16.4. The van der Waals surface area contributed by atoms with E-state index in [-0.39, 0.29) is 12.4 Å². The minimum Gasteiger partial charge on any atom is -0.396 e. The van der Waals surface area contributed by atoms with E-state index in [0.29, 0.717) is 24.4 Å². The van der Waals surface area contributed by atoms with E-state index in [1.165, 1.54) is 12.1 Å². The van der Waals surface area contributed by atoms with Gasteiger partial charge in [-0.05, 0) is 30.7 Å². The van der Waals surface area contributed by atoms with Crippen molar-refractivity contribution in [1.29, 1.82) is 0 Å². The number of aromatic nitrogens is 3. The molecule has 0 fully saturated rings. The van der Waals surface area contributed by atoms with Crippen molar-refractivity contribution in [2.24, 2.45) is 0 Å². The average Bonchev–Trinajstić information content (AvgIpc) is 2.91. The maximum absolute atomic E-state index is 13.4. The second kappa shape index (κ2) is 5.88. The molecule has 0 atom stereocenters. The molecule has 2 aromatic heterocycles. The summed E-state index contributed by atoms with van der Waals surface area (Å²) in [5.74, 6) is 0.395. The molecule has 3 aromatic rings. The van der Waals surface area contributed by atoms with Crippen molar-refractivity contribution in [3.63, 3.8) is 0 Å². The number of anilines is 1. The van der Waals surface area contributed by atoms with Gasteiger partial charge in [0.2, 0.25) is 0 Å². The van der Waals surface area contributed by atoms with Gasteiger partial charge in [0.1, 0.15) is 11.6 Å². The summed E-state index contributed by atoms with van der Waals surface area (Å²) >= 11 is 0. The predicted octanol–water partition coefficient (Wildman–Crippen LogP) is 2.33. The van der Waals surface area contributed by atoms with Gasteiger partial charge in [-0.15, -0.1) is 5.10 Å². The van der Waals surface area contributed by atoms with E-state index >= 15 is 0 Å². The Balaban J connectivity index is 1.97. The number of rotatable bonds is 5. The minimum absolute atomic E-state index is 0.134. The van der Waals surface area contributed by atoms with Gasteiger partial charge in [0.05, 0.1) is 11.9 Å². The highest BCUT2D eigenvalue weighted by molar-refractivity contribution is 5.63. The number of aliphatic hydroxyl groups excluding tert-OH is 1. The molecule has 3 rings (SSSR count). The molecule has 21 heavy (non-hydrogen) atoms. The molecule has 6 heteroatoms. The largest absolute Gasteiger partial charge is 0.396 e. The van der Waals surface area contributed by atoms with Gasteiger partial charge in [-0.25, -0.2) is 13.9 Å². The van der Waals surface area contributed by atoms with Gasteiger partial charge in [0, 0.05) is 18.7 Å². The maximum Gasteiger partial charge on any atom is 0.154 e. The lowest BCUT2D eigenvalue weighted by Crippen LogP contribution is -2.07. The lowest BCUT2D eigenvalue weighted by Gasteiger charge is -2.06. The third-order valence-electron chi connectivity index (χ3n) is 3.12. The number of nitrogens with zero attached hydrogens (tertiary/aromatic N) is 3. The van der Waals surface area contributed by atoms with Crippen molar-refractivity contribution in [1.82, 2.24) is 14.6 Å². The molecule has 1 aromatic carbocycles. The number of imidazole rings is 1. The number of aliphatic hydroxyl groups is 1. The smallest absolute Gasteiger partial charge is 0.154 e. The van der Waals surface area contributed by atoms with E-state index < -0.39 is 0 Å². The topological polar surface area (TPSA) is 62.5 Å². The van der Waals surface area contributed by atoms with Crippen LogP contribution in [0.2, 0.25) is 0 Å². The van der Waals surface area contributed by atoms with E-state index in [0.717, 1.165) is 11.3 Å². The number of halogens is 1. The van der Waals surface area contributed by atoms with Gasteiger partial charge >= 0.3 is 0 Å². The Morgan fingerprint density at radius 3 is 2.95 bits per heavy atom. The third-order valence-corrected chi connectivity index (χ3v) is 3.12. The maximum atomic E-state index is 13.4. The molecule has 0 saturated heterocycles. The Kier molecular flexibility index (Phi) is 3.79. The van der Waals surface area contributed by atoms with E-state index in [9.17, 15) is 4.39 Å². The number of benzene rings is 1. The molecule has 0 saturated carbocycles. The van der Waals surface area contributed by atoms with Crippen LogP contribution >= 0.6 is 0 Å². The van der Waals surface area contributed by atoms with Crippen LogP contribution in [0, 0.1) is 5.82 Å². The molecule has 5 nitrogen and oxygen atoms in total. The van der Waals surface area contributed by atoms with E-state index in [2.05, 4.69) is 15.4 Å². The first-order valence-corrected chi connectivity index (χ1v) is 6.73. The molecule has 0 aliphatic rings. The number of hydrogen-bond acceptors (Lipinski definition) is 4. The fraction of sp³-hybridized carbons (Fsp3) is 0.200. The molecule has 0 bridgehead atoms. The molecule has 0 unspecified atom stereocenters. The van der Waals surface area contributed by atoms with Crippen LogP contribution in [-0.4, -0.2) is 32.9 Å². The summed E-state index contributed by atoms with van der Waals surface area (Å²) in [6, 6.07) is 10.0. The number of hydrogen-bond donors (Lipinski definition) is 2. The zero-order valence-corrected chi connectivity index (χ0v) is 11.3. The highest BCUT2D eigenvalue weighted by Gasteiger charge is 2.08. The molecule has 0 amide bonds. The van der Waals surface area contributed by atoms with Crippen LogP contribution in [0.4, 0.5) is 10.2 Å². The molecular weight excluding hydrogens is 271 g/mol. The normalized spacial score (nSPS) is 11.0. The zero-order valence-electron chi connectivity index (χ0n) is 11.3.